The number of carbonyl (C=O) groups excluding carboxylic acids is 2. The predicted molar refractivity (Wildman–Crippen MR) is 160 cm³/mol. The van der Waals surface area contributed by atoms with Crippen molar-refractivity contribution in [2.75, 3.05) is 38.1 Å². The Morgan fingerprint density at radius 3 is 2.64 bits per heavy atom. The normalized spacial score (nSPS) is 14.1. The van der Waals surface area contributed by atoms with Crippen molar-refractivity contribution >= 4 is 46.9 Å². The Hall–Kier alpha value is -5.04. The highest BCUT2D eigenvalue weighted by Crippen LogP contribution is 2.31. The summed E-state index contributed by atoms with van der Waals surface area (Å²) in [5, 5.41) is 11.4. The third kappa shape index (κ3) is 7.79. The van der Waals surface area contributed by atoms with E-state index in [-0.39, 0.29) is 31.3 Å². The molecule has 1 aliphatic heterocycles. The van der Waals surface area contributed by atoms with Crippen molar-refractivity contribution in [1.82, 2.24) is 24.8 Å². The molecule has 1 aliphatic rings. The zero-order valence-corrected chi connectivity index (χ0v) is 23.4. The number of hydrogen-bond acceptors (Lipinski definition) is 9. The van der Waals surface area contributed by atoms with E-state index >= 15 is 0 Å². The third-order valence-electron chi connectivity index (χ3n) is 6.64. The van der Waals surface area contributed by atoms with Crippen LogP contribution in [0.25, 0.3) is 27.9 Å². The number of nitrogens with one attached hydrogen (secondary N) is 2. The average molecular weight is 575 g/mol. The number of allylic oxidation sites excluding steroid dienone is 1. The topological polar surface area (TPSA) is 179 Å². The number of imidazole rings is 1. The number of nitrogens with zero attached hydrogens (tertiary/aromatic N) is 5. The maximum absolute atomic E-state index is 12.2. The van der Waals surface area contributed by atoms with Gasteiger partial charge in [-0.15, -0.1) is 0 Å². The predicted octanol–water partition coefficient (Wildman–Crippen LogP) is 3.22. The van der Waals surface area contributed by atoms with Gasteiger partial charge >= 0.3 is 12.1 Å². The Bertz CT molecular complexity index is 1500. The second kappa shape index (κ2) is 14.0. The van der Waals surface area contributed by atoms with E-state index in [1.165, 1.54) is 12.4 Å². The number of carbonyl (C=O) groups is 3. The summed E-state index contributed by atoms with van der Waals surface area (Å²) in [6.45, 7) is 9.16. The summed E-state index contributed by atoms with van der Waals surface area (Å²) in [7, 11) is 0. The average Bonchev–Trinajstić information content (AvgIpc) is 3.38. The lowest BCUT2D eigenvalue weighted by Gasteiger charge is -2.34. The largest absolute Gasteiger partial charge is 0.481 e. The number of aromatic nitrogens is 3. The van der Waals surface area contributed by atoms with E-state index in [1.54, 1.807) is 24.1 Å². The Balaban J connectivity index is 1.49. The molecule has 0 bridgehead atoms. The monoisotopic (exact) mass is 574 g/mol. The second-order valence-corrected chi connectivity index (χ2v) is 9.55. The van der Waals surface area contributed by atoms with E-state index in [0.717, 1.165) is 16.8 Å². The summed E-state index contributed by atoms with van der Waals surface area (Å²) in [4.78, 5) is 55.5. The number of piperazine rings is 1. The number of H-pyrrole nitrogens is 1. The van der Waals surface area contributed by atoms with E-state index in [0.29, 0.717) is 55.0 Å². The van der Waals surface area contributed by atoms with Crippen LogP contribution in [0.2, 0.25) is 0 Å². The smallest absolute Gasteiger partial charge is 0.413 e. The van der Waals surface area contributed by atoms with Crippen molar-refractivity contribution < 1.29 is 24.2 Å². The number of anilines is 1. The third-order valence-corrected chi connectivity index (χ3v) is 6.64. The molecule has 0 saturated carbocycles. The van der Waals surface area contributed by atoms with Gasteiger partial charge in [0, 0.05) is 62.7 Å². The Morgan fingerprint density at radius 2 is 1.98 bits per heavy atom. The molecule has 2 amide bonds. The SMILES string of the molecule is C=C(N=C/C=C\N)c1cc(-c2ccc(CN3CCN(C(=O)CCC(=O)O)CC3)nc2)cc2[nH]c(NC(=O)OCC)nc12. The van der Waals surface area contributed by atoms with Crippen molar-refractivity contribution in [3.8, 4) is 11.1 Å². The number of aromatic amines is 1. The number of rotatable bonds is 11. The first-order valence-electron chi connectivity index (χ1n) is 13.5. The first-order chi connectivity index (χ1) is 20.3. The molecule has 0 aliphatic carbocycles. The van der Waals surface area contributed by atoms with E-state index in [1.807, 2.05) is 24.3 Å². The molecule has 0 atom stereocenters. The summed E-state index contributed by atoms with van der Waals surface area (Å²) < 4.78 is 4.96. The van der Waals surface area contributed by atoms with Gasteiger partial charge < -0.3 is 25.5 Å². The molecule has 1 saturated heterocycles. The molecule has 1 fully saturated rings. The van der Waals surface area contributed by atoms with Gasteiger partial charge in [0.05, 0.1) is 35.5 Å². The van der Waals surface area contributed by atoms with Gasteiger partial charge in [0.1, 0.15) is 0 Å². The van der Waals surface area contributed by atoms with E-state index < -0.39 is 12.1 Å². The number of fused-ring (bicyclic) bond motifs is 1. The van der Waals surface area contributed by atoms with Gasteiger partial charge in [-0.3, -0.25) is 29.8 Å². The van der Waals surface area contributed by atoms with Crippen LogP contribution in [0.4, 0.5) is 10.7 Å². The first-order valence-corrected chi connectivity index (χ1v) is 13.5. The highest BCUT2D eigenvalue weighted by molar-refractivity contribution is 5.96. The lowest BCUT2D eigenvalue weighted by Crippen LogP contribution is -2.48. The van der Waals surface area contributed by atoms with Crippen molar-refractivity contribution in [1.29, 1.82) is 0 Å². The number of amides is 2. The summed E-state index contributed by atoms with van der Waals surface area (Å²) in [5.74, 6) is -0.856. The van der Waals surface area contributed by atoms with Crippen molar-refractivity contribution in [2.24, 2.45) is 10.7 Å². The van der Waals surface area contributed by atoms with Crippen LogP contribution in [0.1, 0.15) is 31.0 Å². The number of benzene rings is 1. The van der Waals surface area contributed by atoms with Gasteiger partial charge in [-0.1, -0.05) is 12.6 Å². The molecule has 2 aromatic heterocycles. The highest BCUT2D eigenvalue weighted by atomic mass is 16.5. The fourth-order valence-corrected chi connectivity index (χ4v) is 4.52. The Kier molecular flexibility index (Phi) is 10.0. The number of nitrogens with two attached hydrogens (primary N) is 1. The zero-order valence-electron chi connectivity index (χ0n) is 23.4. The number of carboxylic acids is 1. The van der Waals surface area contributed by atoms with Gasteiger partial charge in [0.2, 0.25) is 11.9 Å². The van der Waals surface area contributed by atoms with Crippen molar-refractivity contribution in [2.45, 2.75) is 26.3 Å². The summed E-state index contributed by atoms with van der Waals surface area (Å²) in [6, 6.07) is 7.77. The van der Waals surface area contributed by atoms with Crippen molar-refractivity contribution in [3.05, 3.63) is 60.6 Å². The van der Waals surface area contributed by atoms with Crippen molar-refractivity contribution in [3.63, 3.8) is 0 Å². The standard InChI is InChI=1S/C29H34N8O5/c1-3-42-29(41)35-28-33-24-16-21(15-23(27(24)34-28)19(2)31-10-4-9-30)20-5-6-22(32-17-20)18-36-11-13-37(14-12-36)25(38)7-8-26(39)40/h4-6,9-10,15-17H,2-3,7-8,11-14,18,30H2,1H3,(H,39,40)(H2,33,34,35,41)/b9-4-,31-10?. The molecule has 0 spiro atoms. The van der Waals surface area contributed by atoms with Crippen LogP contribution in [0, 0.1) is 0 Å². The molecule has 4 rings (SSSR count). The van der Waals surface area contributed by atoms with E-state index in [2.05, 4.69) is 36.7 Å². The van der Waals surface area contributed by atoms with Crippen LogP contribution in [0.5, 0.6) is 0 Å². The molecule has 42 heavy (non-hydrogen) atoms. The molecule has 220 valence electrons. The lowest BCUT2D eigenvalue weighted by molar-refractivity contribution is -0.141. The molecule has 5 N–H and O–H groups in total. The number of pyridine rings is 1. The number of hydrogen-bond donors (Lipinski definition) is 4. The highest BCUT2D eigenvalue weighted by Gasteiger charge is 2.22. The van der Waals surface area contributed by atoms with Crippen LogP contribution in [-0.2, 0) is 20.9 Å². The van der Waals surface area contributed by atoms with Gasteiger partial charge in [0.25, 0.3) is 0 Å². The maximum atomic E-state index is 12.2. The summed E-state index contributed by atoms with van der Waals surface area (Å²) in [5.41, 5.74) is 10.4. The Morgan fingerprint density at radius 1 is 1.19 bits per heavy atom. The fourth-order valence-electron chi connectivity index (χ4n) is 4.52. The number of aliphatic carboxylic acids is 1. The van der Waals surface area contributed by atoms with Crippen LogP contribution in [0.3, 0.4) is 0 Å². The lowest BCUT2D eigenvalue weighted by atomic mass is 10.0. The number of carboxylic acid groups (broad SMARTS) is 1. The zero-order chi connectivity index (χ0) is 30.1. The molecule has 0 unspecified atom stereocenters. The minimum absolute atomic E-state index is 0.0259. The summed E-state index contributed by atoms with van der Waals surface area (Å²) >= 11 is 0. The molecular weight excluding hydrogens is 540 g/mol. The fraction of sp³-hybridized carbons (Fsp3) is 0.310. The van der Waals surface area contributed by atoms with Gasteiger partial charge in [-0.2, -0.15) is 0 Å². The minimum Gasteiger partial charge on any atom is -0.481 e. The molecule has 0 radical (unpaired) electrons. The van der Waals surface area contributed by atoms with Crippen LogP contribution in [-0.4, -0.2) is 86.8 Å². The molecule has 3 aromatic rings. The minimum atomic E-state index is -0.966. The Labute approximate surface area is 242 Å². The molecule has 1 aromatic carbocycles. The van der Waals surface area contributed by atoms with Crippen LogP contribution < -0.4 is 11.1 Å². The molecule has 3 heterocycles. The molecular formula is C29H34N8O5. The first kappa shape index (κ1) is 29.9. The van der Waals surface area contributed by atoms with E-state index in [4.69, 9.17) is 15.6 Å². The van der Waals surface area contributed by atoms with E-state index in [9.17, 15) is 14.4 Å². The number of ether oxygens (including phenoxy) is 1. The number of aliphatic imine (C=N–C) groups is 1. The molecule has 13 nitrogen and oxygen atoms in total. The van der Waals surface area contributed by atoms with Gasteiger partial charge in [0.15, 0.2) is 0 Å². The second-order valence-electron chi connectivity index (χ2n) is 9.55. The maximum Gasteiger partial charge on any atom is 0.413 e. The quantitative estimate of drug-likeness (QED) is 0.250. The summed E-state index contributed by atoms with van der Waals surface area (Å²) in [6.07, 6.45) is 5.55. The van der Waals surface area contributed by atoms with Crippen LogP contribution >= 0.6 is 0 Å². The molecule has 13 heteroatoms. The van der Waals surface area contributed by atoms with Gasteiger partial charge in [-0.05, 0) is 43.0 Å². The van der Waals surface area contributed by atoms with Gasteiger partial charge in [-0.25, -0.2) is 9.78 Å². The van der Waals surface area contributed by atoms with Crippen LogP contribution in [0.15, 0.2) is 54.3 Å².